The van der Waals surface area contributed by atoms with E-state index in [1.165, 1.54) is 11.3 Å². The number of rotatable bonds is 4. The summed E-state index contributed by atoms with van der Waals surface area (Å²) in [4.78, 5) is 6.10. The van der Waals surface area contributed by atoms with Gasteiger partial charge in [-0.25, -0.2) is 0 Å². The number of benzene rings is 1. The summed E-state index contributed by atoms with van der Waals surface area (Å²) in [7, 11) is 4.07. The van der Waals surface area contributed by atoms with Crippen LogP contribution in [0.4, 0.5) is 5.69 Å². The van der Waals surface area contributed by atoms with Crippen LogP contribution in [0.15, 0.2) is 48.8 Å². The minimum atomic E-state index is 0.0206. The van der Waals surface area contributed by atoms with Gasteiger partial charge >= 0.3 is 0 Å². The highest BCUT2D eigenvalue weighted by atomic mass is 15.1. The van der Waals surface area contributed by atoms with Crippen LogP contribution in [0.1, 0.15) is 17.2 Å². The molecule has 3 heteroatoms. The van der Waals surface area contributed by atoms with Gasteiger partial charge in [-0.1, -0.05) is 12.1 Å². The van der Waals surface area contributed by atoms with Gasteiger partial charge in [-0.15, -0.1) is 0 Å². The van der Waals surface area contributed by atoms with Gasteiger partial charge in [0, 0.05) is 38.2 Å². The van der Waals surface area contributed by atoms with Crippen molar-refractivity contribution in [1.29, 1.82) is 0 Å². The average Bonchev–Trinajstić information content (AvgIpc) is 2.40. The molecular formula is C15H19N3. The second kappa shape index (κ2) is 5.65. The first-order chi connectivity index (χ1) is 8.66. The quantitative estimate of drug-likeness (QED) is 0.893. The standard InChI is InChI=1S/C15H19N3/c1-18(2)14-5-3-4-13(11-14)15(16)10-12-6-8-17-9-7-12/h3-9,11,15H,10,16H2,1-2H3. The molecule has 18 heavy (non-hydrogen) atoms. The van der Waals surface area contributed by atoms with E-state index in [1.807, 2.05) is 26.2 Å². The molecule has 0 amide bonds. The van der Waals surface area contributed by atoms with Gasteiger partial charge in [0.1, 0.15) is 0 Å². The van der Waals surface area contributed by atoms with Crippen molar-refractivity contribution in [2.75, 3.05) is 19.0 Å². The Balaban J connectivity index is 2.14. The van der Waals surface area contributed by atoms with Crippen LogP contribution in [0.2, 0.25) is 0 Å². The van der Waals surface area contributed by atoms with Crippen LogP contribution < -0.4 is 10.6 Å². The molecule has 0 aliphatic heterocycles. The molecule has 1 aromatic heterocycles. The lowest BCUT2D eigenvalue weighted by Crippen LogP contribution is -2.15. The number of aromatic nitrogens is 1. The van der Waals surface area contributed by atoms with Crippen molar-refractivity contribution in [3.05, 3.63) is 59.9 Å². The second-order valence-corrected chi connectivity index (χ2v) is 4.66. The number of hydrogen-bond acceptors (Lipinski definition) is 3. The van der Waals surface area contributed by atoms with Crippen molar-refractivity contribution in [2.24, 2.45) is 5.73 Å². The number of nitrogens with zero attached hydrogens (tertiary/aromatic N) is 2. The Labute approximate surface area is 108 Å². The summed E-state index contributed by atoms with van der Waals surface area (Å²) in [5, 5.41) is 0. The summed E-state index contributed by atoms with van der Waals surface area (Å²) in [6.45, 7) is 0. The zero-order valence-electron chi connectivity index (χ0n) is 10.9. The first-order valence-corrected chi connectivity index (χ1v) is 6.08. The molecule has 0 radical (unpaired) electrons. The molecule has 0 fully saturated rings. The largest absolute Gasteiger partial charge is 0.378 e. The number of pyridine rings is 1. The third-order valence-corrected chi connectivity index (χ3v) is 3.02. The van der Waals surface area contributed by atoms with Gasteiger partial charge < -0.3 is 10.6 Å². The van der Waals surface area contributed by atoms with Crippen LogP contribution in [0.5, 0.6) is 0 Å². The molecule has 1 aromatic carbocycles. The van der Waals surface area contributed by atoms with Crippen LogP contribution >= 0.6 is 0 Å². The molecule has 2 aromatic rings. The molecule has 2 N–H and O–H groups in total. The van der Waals surface area contributed by atoms with Crippen LogP contribution in [-0.2, 0) is 6.42 Å². The van der Waals surface area contributed by atoms with E-state index in [4.69, 9.17) is 5.73 Å². The lowest BCUT2D eigenvalue weighted by molar-refractivity contribution is 0.721. The summed E-state index contributed by atoms with van der Waals surface area (Å²) >= 11 is 0. The lowest BCUT2D eigenvalue weighted by Gasteiger charge is -2.17. The van der Waals surface area contributed by atoms with Crippen LogP contribution in [-0.4, -0.2) is 19.1 Å². The van der Waals surface area contributed by atoms with E-state index in [1.54, 1.807) is 12.4 Å². The summed E-state index contributed by atoms with van der Waals surface area (Å²) < 4.78 is 0. The summed E-state index contributed by atoms with van der Waals surface area (Å²) in [5.41, 5.74) is 9.82. The van der Waals surface area contributed by atoms with Gasteiger partial charge in [-0.3, -0.25) is 4.98 Å². The Bertz CT molecular complexity index is 494. The van der Waals surface area contributed by atoms with Gasteiger partial charge in [0.25, 0.3) is 0 Å². The minimum Gasteiger partial charge on any atom is -0.378 e. The number of anilines is 1. The second-order valence-electron chi connectivity index (χ2n) is 4.66. The van der Waals surface area contributed by atoms with E-state index in [2.05, 4.69) is 34.1 Å². The third-order valence-electron chi connectivity index (χ3n) is 3.02. The summed E-state index contributed by atoms with van der Waals surface area (Å²) in [6.07, 6.45) is 4.44. The van der Waals surface area contributed by atoms with Crippen molar-refractivity contribution in [1.82, 2.24) is 4.98 Å². The van der Waals surface area contributed by atoms with Gasteiger partial charge in [0.2, 0.25) is 0 Å². The first kappa shape index (κ1) is 12.6. The molecule has 1 atom stereocenters. The van der Waals surface area contributed by atoms with Crippen molar-refractivity contribution in [2.45, 2.75) is 12.5 Å². The van der Waals surface area contributed by atoms with Gasteiger partial charge in [0.05, 0.1) is 0 Å². The van der Waals surface area contributed by atoms with E-state index in [0.29, 0.717) is 0 Å². The molecule has 94 valence electrons. The average molecular weight is 241 g/mol. The van der Waals surface area contributed by atoms with E-state index >= 15 is 0 Å². The fourth-order valence-electron chi connectivity index (χ4n) is 1.92. The first-order valence-electron chi connectivity index (χ1n) is 6.08. The predicted octanol–water partition coefficient (Wildman–Crippen LogP) is 2.39. The van der Waals surface area contributed by atoms with E-state index in [9.17, 15) is 0 Å². The van der Waals surface area contributed by atoms with E-state index < -0.39 is 0 Å². The molecule has 3 nitrogen and oxygen atoms in total. The molecule has 0 spiro atoms. The van der Waals surface area contributed by atoms with E-state index in [0.717, 1.165) is 12.0 Å². The fourth-order valence-corrected chi connectivity index (χ4v) is 1.92. The Morgan fingerprint density at radius 2 is 1.89 bits per heavy atom. The Morgan fingerprint density at radius 1 is 1.17 bits per heavy atom. The molecule has 0 bridgehead atoms. The summed E-state index contributed by atoms with van der Waals surface area (Å²) in [6, 6.07) is 12.4. The SMILES string of the molecule is CN(C)c1cccc(C(N)Cc2ccncc2)c1. The van der Waals surface area contributed by atoms with Gasteiger partial charge in [-0.2, -0.15) is 0 Å². The Hall–Kier alpha value is -1.87. The van der Waals surface area contributed by atoms with E-state index in [-0.39, 0.29) is 6.04 Å². The molecule has 0 aliphatic carbocycles. The van der Waals surface area contributed by atoms with Crippen LogP contribution in [0, 0.1) is 0 Å². The number of hydrogen-bond donors (Lipinski definition) is 1. The molecule has 0 saturated heterocycles. The molecule has 2 rings (SSSR count). The topological polar surface area (TPSA) is 42.1 Å². The zero-order valence-corrected chi connectivity index (χ0v) is 10.9. The molecule has 1 heterocycles. The maximum Gasteiger partial charge on any atom is 0.0364 e. The smallest absolute Gasteiger partial charge is 0.0364 e. The zero-order chi connectivity index (χ0) is 13.0. The fraction of sp³-hybridized carbons (Fsp3) is 0.267. The molecule has 1 unspecified atom stereocenters. The summed E-state index contributed by atoms with van der Waals surface area (Å²) in [5.74, 6) is 0. The highest BCUT2D eigenvalue weighted by molar-refractivity contribution is 5.48. The maximum atomic E-state index is 6.26. The van der Waals surface area contributed by atoms with Crippen LogP contribution in [0.3, 0.4) is 0 Å². The third kappa shape index (κ3) is 3.08. The van der Waals surface area contributed by atoms with Gasteiger partial charge in [0.15, 0.2) is 0 Å². The van der Waals surface area contributed by atoms with Crippen molar-refractivity contribution in [3.8, 4) is 0 Å². The highest BCUT2D eigenvalue weighted by Crippen LogP contribution is 2.20. The molecule has 0 aliphatic rings. The molecular weight excluding hydrogens is 222 g/mol. The Kier molecular flexibility index (Phi) is 3.95. The van der Waals surface area contributed by atoms with Crippen molar-refractivity contribution in [3.63, 3.8) is 0 Å². The normalized spacial score (nSPS) is 12.2. The Morgan fingerprint density at radius 3 is 2.56 bits per heavy atom. The van der Waals surface area contributed by atoms with Crippen molar-refractivity contribution >= 4 is 5.69 Å². The van der Waals surface area contributed by atoms with Gasteiger partial charge in [-0.05, 0) is 41.8 Å². The monoisotopic (exact) mass is 241 g/mol. The number of nitrogens with two attached hydrogens (primary N) is 1. The molecule has 0 saturated carbocycles. The highest BCUT2D eigenvalue weighted by Gasteiger charge is 2.08. The van der Waals surface area contributed by atoms with Crippen LogP contribution in [0.25, 0.3) is 0 Å². The maximum absolute atomic E-state index is 6.26. The predicted molar refractivity (Wildman–Crippen MR) is 75.6 cm³/mol. The minimum absolute atomic E-state index is 0.0206. The lowest BCUT2D eigenvalue weighted by atomic mass is 10.00. The van der Waals surface area contributed by atoms with Crippen molar-refractivity contribution < 1.29 is 0 Å².